The van der Waals surface area contributed by atoms with Crippen molar-refractivity contribution in [3.05, 3.63) is 48.7 Å². The Balaban J connectivity index is 1.97. The maximum absolute atomic E-state index is 6.09. The SMILES string of the molecule is [B]c1nc2n(c1-c1ccccc1)COc1cccnc1-2. The molecule has 3 aromatic rings. The summed E-state index contributed by atoms with van der Waals surface area (Å²) in [4.78, 5) is 8.81. The summed E-state index contributed by atoms with van der Waals surface area (Å²) in [5, 5.41) is 0. The van der Waals surface area contributed by atoms with Gasteiger partial charge in [-0.15, -0.1) is 0 Å². The lowest BCUT2D eigenvalue weighted by Gasteiger charge is -2.20. The number of ether oxygens (including phenoxy) is 1. The molecule has 0 fully saturated rings. The van der Waals surface area contributed by atoms with E-state index < -0.39 is 0 Å². The zero-order chi connectivity index (χ0) is 13.5. The van der Waals surface area contributed by atoms with Crippen LogP contribution in [0.15, 0.2) is 48.7 Å². The first kappa shape index (κ1) is 11.3. The monoisotopic (exact) mass is 259 g/mol. The van der Waals surface area contributed by atoms with Gasteiger partial charge in [0.1, 0.15) is 13.5 Å². The van der Waals surface area contributed by atoms with Crippen molar-refractivity contribution >= 4 is 13.4 Å². The van der Waals surface area contributed by atoms with Crippen molar-refractivity contribution in [2.24, 2.45) is 0 Å². The quantitative estimate of drug-likeness (QED) is 0.625. The number of pyridine rings is 1. The lowest BCUT2D eigenvalue weighted by Crippen LogP contribution is -2.15. The van der Waals surface area contributed by atoms with E-state index in [-0.39, 0.29) is 0 Å². The Bertz CT molecular complexity index is 783. The first-order valence-electron chi connectivity index (χ1n) is 6.34. The van der Waals surface area contributed by atoms with Gasteiger partial charge in [-0.1, -0.05) is 30.3 Å². The van der Waals surface area contributed by atoms with E-state index in [0.29, 0.717) is 12.3 Å². The molecule has 0 aliphatic carbocycles. The van der Waals surface area contributed by atoms with E-state index in [2.05, 4.69) is 9.97 Å². The van der Waals surface area contributed by atoms with Gasteiger partial charge < -0.3 is 4.74 Å². The number of benzene rings is 1. The summed E-state index contributed by atoms with van der Waals surface area (Å²) in [6, 6.07) is 13.7. The van der Waals surface area contributed by atoms with Crippen LogP contribution in [0.25, 0.3) is 22.8 Å². The maximum atomic E-state index is 6.09. The zero-order valence-electron chi connectivity index (χ0n) is 10.7. The molecular formula is C15H10BN3O. The summed E-state index contributed by atoms with van der Waals surface area (Å²) >= 11 is 0. The van der Waals surface area contributed by atoms with E-state index in [1.54, 1.807) is 6.20 Å². The van der Waals surface area contributed by atoms with Crippen molar-refractivity contribution in [2.45, 2.75) is 6.73 Å². The van der Waals surface area contributed by atoms with Gasteiger partial charge in [0.25, 0.3) is 0 Å². The number of imidazole rings is 1. The van der Waals surface area contributed by atoms with E-state index in [1.807, 2.05) is 47.0 Å². The first-order chi connectivity index (χ1) is 9.84. The van der Waals surface area contributed by atoms with Gasteiger partial charge in [0.2, 0.25) is 0 Å². The normalized spacial score (nSPS) is 12.4. The number of fused-ring (bicyclic) bond motifs is 3. The summed E-state index contributed by atoms with van der Waals surface area (Å²) in [5.41, 5.74) is 3.12. The average Bonchev–Trinajstić information content (AvgIpc) is 2.84. The minimum absolute atomic E-state index is 0.391. The number of aromatic nitrogens is 3. The zero-order valence-corrected chi connectivity index (χ0v) is 10.7. The molecule has 3 heterocycles. The second kappa shape index (κ2) is 4.23. The Kier molecular flexibility index (Phi) is 2.39. The van der Waals surface area contributed by atoms with Gasteiger partial charge in [-0.25, -0.2) is 9.97 Å². The number of hydrogen-bond acceptors (Lipinski definition) is 3. The van der Waals surface area contributed by atoms with Crippen molar-refractivity contribution in [3.8, 4) is 28.5 Å². The van der Waals surface area contributed by atoms with Gasteiger partial charge in [0.05, 0.1) is 5.69 Å². The van der Waals surface area contributed by atoms with E-state index >= 15 is 0 Å². The fourth-order valence-corrected chi connectivity index (χ4v) is 2.49. The third-order valence-electron chi connectivity index (χ3n) is 3.37. The fraction of sp³-hybridized carbons (Fsp3) is 0.0667. The molecule has 20 heavy (non-hydrogen) atoms. The lowest BCUT2D eigenvalue weighted by atomic mass is 9.98. The Labute approximate surface area is 117 Å². The smallest absolute Gasteiger partial charge is 0.167 e. The molecule has 0 bridgehead atoms. The van der Waals surface area contributed by atoms with Crippen LogP contribution in [0.4, 0.5) is 0 Å². The molecule has 0 saturated carbocycles. The minimum atomic E-state index is 0.391. The molecule has 1 aliphatic rings. The molecule has 2 aromatic heterocycles. The third-order valence-corrected chi connectivity index (χ3v) is 3.37. The molecule has 1 aliphatic heterocycles. The van der Waals surface area contributed by atoms with Gasteiger partial charge in [-0.3, -0.25) is 4.57 Å². The predicted molar refractivity (Wildman–Crippen MR) is 76.9 cm³/mol. The predicted octanol–water partition coefficient (Wildman–Crippen LogP) is 1.76. The highest BCUT2D eigenvalue weighted by atomic mass is 16.5. The molecule has 1 aromatic carbocycles. The molecule has 0 spiro atoms. The van der Waals surface area contributed by atoms with Crippen LogP contribution >= 0.6 is 0 Å². The van der Waals surface area contributed by atoms with Gasteiger partial charge in [-0.05, 0) is 17.7 Å². The highest BCUT2D eigenvalue weighted by molar-refractivity contribution is 6.34. The average molecular weight is 259 g/mol. The Morgan fingerprint density at radius 3 is 2.80 bits per heavy atom. The van der Waals surface area contributed by atoms with Crippen LogP contribution in [0.1, 0.15) is 0 Å². The largest absolute Gasteiger partial charge is 0.470 e. The van der Waals surface area contributed by atoms with Crippen LogP contribution in [0, 0.1) is 0 Å². The van der Waals surface area contributed by atoms with Crippen LogP contribution in [0.5, 0.6) is 5.75 Å². The standard InChI is InChI=1S/C15H10BN3O/c16-14-13(10-5-2-1-3-6-10)19-9-20-11-7-4-8-17-12(11)15(19)18-14/h1-8H,9H2. The van der Waals surface area contributed by atoms with Gasteiger partial charge in [0, 0.05) is 11.8 Å². The maximum Gasteiger partial charge on any atom is 0.167 e. The van der Waals surface area contributed by atoms with Crippen molar-refractivity contribution in [1.82, 2.24) is 14.5 Å². The van der Waals surface area contributed by atoms with E-state index in [4.69, 9.17) is 12.6 Å². The van der Waals surface area contributed by atoms with Crippen LogP contribution in [0.2, 0.25) is 0 Å². The molecular weight excluding hydrogens is 249 g/mol. The van der Waals surface area contributed by atoms with Gasteiger partial charge in [-0.2, -0.15) is 0 Å². The van der Waals surface area contributed by atoms with E-state index in [0.717, 1.165) is 28.5 Å². The number of rotatable bonds is 1. The Morgan fingerprint density at radius 2 is 1.95 bits per heavy atom. The van der Waals surface area contributed by atoms with E-state index in [9.17, 15) is 0 Å². The van der Waals surface area contributed by atoms with Crippen LogP contribution < -0.4 is 10.3 Å². The third kappa shape index (κ3) is 1.56. The molecule has 5 heteroatoms. The van der Waals surface area contributed by atoms with Crippen molar-refractivity contribution in [3.63, 3.8) is 0 Å². The highest BCUT2D eigenvalue weighted by Crippen LogP contribution is 2.33. The van der Waals surface area contributed by atoms with E-state index in [1.165, 1.54) is 0 Å². The number of nitrogens with zero attached hydrogens (tertiary/aromatic N) is 3. The Morgan fingerprint density at radius 1 is 1.10 bits per heavy atom. The summed E-state index contributed by atoms with van der Waals surface area (Å²) in [5.74, 6) is 1.49. The molecule has 94 valence electrons. The summed E-state index contributed by atoms with van der Waals surface area (Å²) in [6.07, 6.45) is 1.73. The molecule has 0 atom stereocenters. The lowest BCUT2D eigenvalue weighted by molar-refractivity contribution is 0.230. The highest BCUT2D eigenvalue weighted by Gasteiger charge is 2.24. The van der Waals surface area contributed by atoms with Gasteiger partial charge >= 0.3 is 0 Å². The minimum Gasteiger partial charge on any atom is -0.470 e. The fourth-order valence-electron chi connectivity index (χ4n) is 2.49. The van der Waals surface area contributed by atoms with Crippen molar-refractivity contribution < 1.29 is 4.74 Å². The molecule has 0 unspecified atom stereocenters. The summed E-state index contributed by atoms with van der Waals surface area (Å²) in [7, 11) is 6.09. The van der Waals surface area contributed by atoms with Crippen LogP contribution in [-0.4, -0.2) is 22.4 Å². The molecule has 0 amide bonds. The van der Waals surface area contributed by atoms with Gasteiger partial charge in [0.15, 0.2) is 18.3 Å². The molecule has 2 radical (unpaired) electrons. The second-order valence-corrected chi connectivity index (χ2v) is 4.59. The van der Waals surface area contributed by atoms with Crippen molar-refractivity contribution in [1.29, 1.82) is 0 Å². The molecule has 0 saturated heterocycles. The Hall–Kier alpha value is -2.56. The summed E-state index contributed by atoms with van der Waals surface area (Å²) < 4.78 is 7.69. The van der Waals surface area contributed by atoms with Crippen molar-refractivity contribution in [2.75, 3.05) is 0 Å². The second-order valence-electron chi connectivity index (χ2n) is 4.59. The molecule has 4 rings (SSSR count). The first-order valence-corrected chi connectivity index (χ1v) is 6.34. The number of hydrogen-bond donors (Lipinski definition) is 0. The van der Waals surface area contributed by atoms with Crippen LogP contribution in [0.3, 0.4) is 0 Å². The summed E-state index contributed by atoms with van der Waals surface area (Å²) in [6.45, 7) is 0.391. The molecule has 4 nitrogen and oxygen atoms in total. The topological polar surface area (TPSA) is 39.9 Å². The molecule has 0 N–H and O–H groups in total. The van der Waals surface area contributed by atoms with Crippen LogP contribution in [-0.2, 0) is 6.73 Å².